The Labute approximate surface area is 95.4 Å². The standard InChI is InChI=1S/C13H28N2/c1-12(2)7-5-9-15-10-6-8-14-13(3,4)11-15/h12,14H,5-11H2,1-4H3. The van der Waals surface area contributed by atoms with Crippen molar-refractivity contribution in [1.29, 1.82) is 0 Å². The normalized spacial score (nSPS) is 23.0. The topological polar surface area (TPSA) is 15.3 Å². The van der Waals surface area contributed by atoms with Crippen molar-refractivity contribution in [3.63, 3.8) is 0 Å². The fourth-order valence-electron chi connectivity index (χ4n) is 2.34. The van der Waals surface area contributed by atoms with Crippen molar-refractivity contribution >= 4 is 0 Å². The van der Waals surface area contributed by atoms with Gasteiger partial charge in [-0.05, 0) is 58.7 Å². The van der Waals surface area contributed by atoms with Gasteiger partial charge in [0.1, 0.15) is 0 Å². The van der Waals surface area contributed by atoms with Gasteiger partial charge >= 0.3 is 0 Å². The van der Waals surface area contributed by atoms with Crippen molar-refractivity contribution in [3.8, 4) is 0 Å². The van der Waals surface area contributed by atoms with Crippen LogP contribution >= 0.6 is 0 Å². The Morgan fingerprint density at radius 2 is 2.07 bits per heavy atom. The van der Waals surface area contributed by atoms with Crippen LogP contribution in [0.2, 0.25) is 0 Å². The van der Waals surface area contributed by atoms with Crippen molar-refractivity contribution in [2.75, 3.05) is 26.2 Å². The summed E-state index contributed by atoms with van der Waals surface area (Å²) >= 11 is 0. The SMILES string of the molecule is CC(C)CCCN1CCCNC(C)(C)C1. The molecule has 1 saturated heterocycles. The first-order chi connectivity index (χ1) is 6.99. The van der Waals surface area contributed by atoms with Gasteiger partial charge in [0.2, 0.25) is 0 Å². The third-order valence-electron chi connectivity index (χ3n) is 3.13. The fraction of sp³-hybridized carbons (Fsp3) is 1.00. The van der Waals surface area contributed by atoms with Crippen LogP contribution in [0.4, 0.5) is 0 Å². The van der Waals surface area contributed by atoms with Crippen LogP contribution in [0.3, 0.4) is 0 Å². The molecule has 1 aliphatic heterocycles. The van der Waals surface area contributed by atoms with Gasteiger partial charge in [-0.25, -0.2) is 0 Å². The second-order valence-corrected chi connectivity index (χ2v) is 5.98. The highest BCUT2D eigenvalue weighted by atomic mass is 15.2. The number of rotatable bonds is 4. The minimum atomic E-state index is 0.300. The molecule has 0 saturated carbocycles. The van der Waals surface area contributed by atoms with Crippen molar-refractivity contribution in [1.82, 2.24) is 10.2 Å². The molecule has 15 heavy (non-hydrogen) atoms. The van der Waals surface area contributed by atoms with Crippen LogP contribution in [0.25, 0.3) is 0 Å². The quantitative estimate of drug-likeness (QED) is 0.770. The minimum Gasteiger partial charge on any atom is -0.310 e. The Hall–Kier alpha value is -0.0800. The van der Waals surface area contributed by atoms with Crippen LogP contribution in [0, 0.1) is 5.92 Å². The van der Waals surface area contributed by atoms with Crippen LogP contribution in [0.15, 0.2) is 0 Å². The van der Waals surface area contributed by atoms with Crippen molar-refractivity contribution in [3.05, 3.63) is 0 Å². The number of nitrogens with one attached hydrogen (secondary N) is 1. The summed E-state index contributed by atoms with van der Waals surface area (Å²) in [5.74, 6) is 0.850. The van der Waals surface area contributed by atoms with Crippen molar-refractivity contribution < 1.29 is 0 Å². The molecule has 0 aromatic rings. The fourth-order valence-corrected chi connectivity index (χ4v) is 2.34. The highest BCUT2D eigenvalue weighted by Crippen LogP contribution is 2.12. The lowest BCUT2D eigenvalue weighted by atomic mass is 10.0. The van der Waals surface area contributed by atoms with Crippen LogP contribution in [-0.4, -0.2) is 36.6 Å². The zero-order chi connectivity index (χ0) is 11.3. The first-order valence-corrected chi connectivity index (χ1v) is 6.47. The summed E-state index contributed by atoms with van der Waals surface area (Å²) in [5, 5.41) is 3.61. The van der Waals surface area contributed by atoms with E-state index >= 15 is 0 Å². The lowest BCUT2D eigenvalue weighted by molar-refractivity contribution is 0.224. The second kappa shape index (κ2) is 5.86. The van der Waals surface area contributed by atoms with E-state index in [9.17, 15) is 0 Å². The van der Waals surface area contributed by atoms with Crippen molar-refractivity contribution in [2.45, 2.75) is 52.5 Å². The first kappa shape index (κ1) is 13.0. The third-order valence-corrected chi connectivity index (χ3v) is 3.13. The molecule has 0 atom stereocenters. The Bertz CT molecular complexity index is 175. The van der Waals surface area contributed by atoms with Crippen LogP contribution in [-0.2, 0) is 0 Å². The summed E-state index contributed by atoms with van der Waals surface area (Å²) in [4.78, 5) is 2.63. The maximum atomic E-state index is 3.61. The van der Waals surface area contributed by atoms with E-state index in [1.54, 1.807) is 0 Å². The minimum absolute atomic E-state index is 0.300. The molecule has 2 heteroatoms. The predicted octanol–water partition coefficient (Wildman–Crippen LogP) is 2.50. The monoisotopic (exact) mass is 212 g/mol. The first-order valence-electron chi connectivity index (χ1n) is 6.47. The molecule has 0 radical (unpaired) electrons. The molecule has 0 bridgehead atoms. The van der Waals surface area contributed by atoms with E-state index in [-0.39, 0.29) is 0 Å². The lowest BCUT2D eigenvalue weighted by Crippen LogP contribution is -2.46. The zero-order valence-electron chi connectivity index (χ0n) is 11.0. The zero-order valence-corrected chi connectivity index (χ0v) is 11.0. The molecule has 2 nitrogen and oxygen atoms in total. The molecule has 0 aromatic heterocycles. The van der Waals surface area contributed by atoms with E-state index in [1.165, 1.54) is 45.4 Å². The van der Waals surface area contributed by atoms with E-state index in [1.807, 2.05) is 0 Å². The van der Waals surface area contributed by atoms with Crippen LogP contribution < -0.4 is 5.32 Å². The summed E-state index contributed by atoms with van der Waals surface area (Å²) in [6.45, 7) is 14.2. The van der Waals surface area contributed by atoms with Gasteiger partial charge in [0, 0.05) is 12.1 Å². The third kappa shape index (κ3) is 5.53. The van der Waals surface area contributed by atoms with Crippen molar-refractivity contribution in [2.24, 2.45) is 5.92 Å². The molecule has 0 aliphatic carbocycles. The molecular formula is C13H28N2. The molecule has 1 aliphatic rings. The Kier molecular flexibility index (Phi) is 5.07. The summed E-state index contributed by atoms with van der Waals surface area (Å²) in [6, 6.07) is 0. The van der Waals surface area contributed by atoms with E-state index in [0.717, 1.165) is 5.92 Å². The molecule has 1 heterocycles. The number of hydrogen-bond acceptors (Lipinski definition) is 2. The van der Waals surface area contributed by atoms with Gasteiger partial charge in [0.05, 0.1) is 0 Å². The predicted molar refractivity (Wildman–Crippen MR) is 67.2 cm³/mol. The Morgan fingerprint density at radius 1 is 1.33 bits per heavy atom. The Balaban J connectivity index is 2.27. The van der Waals surface area contributed by atoms with E-state index < -0.39 is 0 Å². The summed E-state index contributed by atoms with van der Waals surface area (Å²) in [6.07, 6.45) is 4.02. The van der Waals surface area contributed by atoms with E-state index in [2.05, 4.69) is 37.9 Å². The maximum Gasteiger partial charge on any atom is 0.0252 e. The van der Waals surface area contributed by atoms with Crippen LogP contribution in [0.1, 0.15) is 47.0 Å². The molecule has 1 N–H and O–H groups in total. The smallest absolute Gasteiger partial charge is 0.0252 e. The average molecular weight is 212 g/mol. The van der Waals surface area contributed by atoms with Gasteiger partial charge < -0.3 is 10.2 Å². The van der Waals surface area contributed by atoms with Gasteiger partial charge in [-0.15, -0.1) is 0 Å². The second-order valence-electron chi connectivity index (χ2n) is 5.98. The largest absolute Gasteiger partial charge is 0.310 e. The lowest BCUT2D eigenvalue weighted by Gasteiger charge is -2.30. The number of nitrogens with zero attached hydrogens (tertiary/aromatic N) is 1. The molecule has 90 valence electrons. The van der Waals surface area contributed by atoms with Gasteiger partial charge in [-0.1, -0.05) is 13.8 Å². The summed E-state index contributed by atoms with van der Waals surface area (Å²) in [7, 11) is 0. The van der Waals surface area contributed by atoms with Gasteiger partial charge in [0.15, 0.2) is 0 Å². The molecule has 1 rings (SSSR count). The average Bonchev–Trinajstić information content (AvgIpc) is 2.26. The van der Waals surface area contributed by atoms with Gasteiger partial charge in [0.25, 0.3) is 0 Å². The molecule has 0 aromatic carbocycles. The molecule has 0 amide bonds. The molecular weight excluding hydrogens is 184 g/mol. The summed E-state index contributed by atoms with van der Waals surface area (Å²) in [5.41, 5.74) is 0.300. The van der Waals surface area contributed by atoms with Crippen LogP contribution in [0.5, 0.6) is 0 Å². The van der Waals surface area contributed by atoms with Gasteiger partial charge in [-0.3, -0.25) is 0 Å². The van der Waals surface area contributed by atoms with Gasteiger partial charge in [-0.2, -0.15) is 0 Å². The molecule has 0 spiro atoms. The molecule has 0 unspecified atom stereocenters. The van der Waals surface area contributed by atoms with E-state index in [4.69, 9.17) is 0 Å². The number of hydrogen-bond donors (Lipinski definition) is 1. The highest BCUT2D eigenvalue weighted by molar-refractivity contribution is 4.84. The Morgan fingerprint density at radius 3 is 2.73 bits per heavy atom. The molecule has 1 fully saturated rings. The summed E-state index contributed by atoms with van der Waals surface area (Å²) < 4.78 is 0. The highest BCUT2D eigenvalue weighted by Gasteiger charge is 2.23. The maximum absolute atomic E-state index is 3.61. The van der Waals surface area contributed by atoms with E-state index in [0.29, 0.717) is 5.54 Å².